The van der Waals surface area contributed by atoms with Crippen LogP contribution in [-0.4, -0.2) is 28.7 Å². The van der Waals surface area contributed by atoms with Gasteiger partial charge in [-0.1, -0.05) is 65.7 Å². The van der Waals surface area contributed by atoms with E-state index < -0.39 is 15.7 Å². The Morgan fingerprint density at radius 1 is 0.786 bits per heavy atom. The SMILES string of the molecule is C[N+](C)=C1N(c2ccccc2)S(=O)C1(c1ccc(Cl)cc1)c1ccc(Cl)cc1. The van der Waals surface area contributed by atoms with Gasteiger partial charge >= 0.3 is 0 Å². The number of nitrogens with zero attached hydrogens (tertiary/aromatic N) is 2. The number of rotatable bonds is 3. The molecule has 142 valence electrons. The molecule has 0 saturated carbocycles. The van der Waals surface area contributed by atoms with E-state index in [1.165, 1.54) is 0 Å². The summed E-state index contributed by atoms with van der Waals surface area (Å²) in [6.45, 7) is 0. The second-order valence-corrected chi connectivity index (χ2v) is 9.14. The van der Waals surface area contributed by atoms with Crippen LogP contribution in [0.2, 0.25) is 10.0 Å². The summed E-state index contributed by atoms with van der Waals surface area (Å²) in [5, 5.41) is 1.29. The third-order valence-corrected chi connectivity index (χ3v) is 7.25. The summed E-state index contributed by atoms with van der Waals surface area (Å²) in [5.74, 6) is 0.932. The van der Waals surface area contributed by atoms with Crippen molar-refractivity contribution < 1.29 is 8.78 Å². The first-order valence-electron chi connectivity index (χ1n) is 8.80. The average molecular weight is 430 g/mol. The first-order valence-corrected chi connectivity index (χ1v) is 10.7. The molecule has 1 heterocycles. The van der Waals surface area contributed by atoms with Crippen LogP contribution in [0.15, 0.2) is 78.9 Å². The van der Waals surface area contributed by atoms with Gasteiger partial charge in [0, 0.05) is 10.0 Å². The summed E-state index contributed by atoms with van der Waals surface area (Å²) < 4.78 is 17.0. The fraction of sp³-hybridized carbons (Fsp3) is 0.136. The van der Waals surface area contributed by atoms with Crippen molar-refractivity contribution in [1.29, 1.82) is 0 Å². The Hall–Kier alpha value is -2.14. The molecule has 1 aliphatic heterocycles. The van der Waals surface area contributed by atoms with Crippen molar-refractivity contribution in [2.24, 2.45) is 0 Å². The van der Waals surface area contributed by atoms with Gasteiger partial charge in [-0.15, -0.1) is 4.31 Å². The maximum absolute atomic E-state index is 13.9. The Labute approximate surface area is 177 Å². The van der Waals surface area contributed by atoms with E-state index in [-0.39, 0.29) is 0 Å². The van der Waals surface area contributed by atoms with Gasteiger partial charge in [0.2, 0.25) is 15.7 Å². The van der Waals surface area contributed by atoms with E-state index in [1.54, 1.807) is 0 Å². The van der Waals surface area contributed by atoms with E-state index in [2.05, 4.69) is 0 Å². The minimum atomic E-state index is -1.37. The number of hydrogen-bond acceptors (Lipinski definition) is 1. The highest BCUT2D eigenvalue weighted by atomic mass is 35.5. The van der Waals surface area contributed by atoms with E-state index in [4.69, 9.17) is 23.2 Å². The zero-order valence-electron chi connectivity index (χ0n) is 15.5. The Balaban J connectivity index is 1.98. The molecule has 0 aromatic heterocycles. The van der Waals surface area contributed by atoms with Crippen LogP contribution in [-0.2, 0) is 15.7 Å². The third-order valence-electron chi connectivity index (χ3n) is 4.85. The van der Waals surface area contributed by atoms with Crippen molar-refractivity contribution in [3.8, 4) is 0 Å². The molecule has 3 aromatic carbocycles. The molecular formula is C22H19Cl2N2OS+. The lowest BCUT2D eigenvalue weighted by Crippen LogP contribution is -2.68. The Kier molecular flexibility index (Phi) is 5.04. The van der Waals surface area contributed by atoms with E-state index in [1.807, 2.05) is 102 Å². The Morgan fingerprint density at radius 2 is 1.25 bits per heavy atom. The van der Waals surface area contributed by atoms with Crippen LogP contribution in [0.5, 0.6) is 0 Å². The Morgan fingerprint density at radius 3 is 1.68 bits per heavy atom. The third kappa shape index (κ3) is 2.87. The fourth-order valence-electron chi connectivity index (χ4n) is 3.67. The van der Waals surface area contributed by atoms with Crippen LogP contribution in [0.4, 0.5) is 5.69 Å². The van der Waals surface area contributed by atoms with Gasteiger partial charge in [-0.2, -0.15) is 0 Å². The molecule has 1 unspecified atom stereocenters. The number of anilines is 1. The molecule has 0 aliphatic carbocycles. The van der Waals surface area contributed by atoms with Gasteiger partial charge in [-0.25, -0.2) is 4.21 Å². The summed E-state index contributed by atoms with van der Waals surface area (Å²) in [4.78, 5) is 0. The molecule has 0 radical (unpaired) electrons. The number of benzene rings is 3. The summed E-state index contributed by atoms with van der Waals surface area (Å²) >= 11 is 12.3. The topological polar surface area (TPSA) is 23.3 Å². The minimum Gasteiger partial charge on any atom is -0.268 e. The van der Waals surface area contributed by atoms with E-state index >= 15 is 0 Å². The van der Waals surface area contributed by atoms with Gasteiger partial charge < -0.3 is 0 Å². The van der Waals surface area contributed by atoms with Gasteiger partial charge in [-0.3, -0.25) is 4.58 Å². The molecule has 28 heavy (non-hydrogen) atoms. The maximum atomic E-state index is 13.9. The van der Waals surface area contributed by atoms with Crippen LogP contribution < -0.4 is 4.31 Å². The fourth-order valence-corrected chi connectivity index (χ4v) is 5.94. The lowest BCUT2D eigenvalue weighted by Gasteiger charge is -2.44. The molecule has 3 aromatic rings. The number of amidine groups is 1. The molecule has 0 spiro atoms. The first kappa shape index (κ1) is 19.2. The molecule has 6 heteroatoms. The van der Waals surface area contributed by atoms with Gasteiger partial charge in [0.05, 0.1) is 14.1 Å². The van der Waals surface area contributed by atoms with Gasteiger partial charge in [0.25, 0.3) is 5.84 Å². The zero-order chi connectivity index (χ0) is 19.9. The maximum Gasteiger partial charge on any atom is 0.297 e. The van der Waals surface area contributed by atoms with Crippen LogP contribution in [0, 0.1) is 0 Å². The number of halogens is 2. The predicted molar refractivity (Wildman–Crippen MR) is 118 cm³/mol. The lowest BCUT2D eigenvalue weighted by atomic mass is 9.87. The molecule has 1 aliphatic rings. The van der Waals surface area contributed by atoms with Crippen molar-refractivity contribution in [3.05, 3.63) is 100 Å². The molecule has 1 atom stereocenters. The smallest absolute Gasteiger partial charge is 0.268 e. The van der Waals surface area contributed by atoms with Crippen molar-refractivity contribution >= 4 is 45.7 Å². The standard InChI is InChI=1S/C22H19Cl2N2OS/c1-25(2)21-22(16-8-12-18(23)13-9-16,17-10-14-19(24)15-11-17)28(27)26(21)20-6-4-3-5-7-20/h3-15H,1-2H3/q+1. The monoisotopic (exact) mass is 429 g/mol. The summed E-state index contributed by atoms with van der Waals surface area (Å²) in [6, 6.07) is 24.9. The molecule has 1 fully saturated rings. The highest BCUT2D eigenvalue weighted by molar-refractivity contribution is 7.92. The molecule has 0 bridgehead atoms. The molecule has 0 amide bonds. The molecule has 3 nitrogen and oxygen atoms in total. The summed E-state index contributed by atoms with van der Waals surface area (Å²) in [5.41, 5.74) is 2.74. The summed E-state index contributed by atoms with van der Waals surface area (Å²) in [6.07, 6.45) is 0. The predicted octanol–water partition coefficient (Wildman–Crippen LogP) is 5.09. The van der Waals surface area contributed by atoms with E-state index in [9.17, 15) is 4.21 Å². The van der Waals surface area contributed by atoms with Crippen LogP contribution in [0.3, 0.4) is 0 Å². The van der Waals surface area contributed by atoms with Crippen molar-refractivity contribution in [3.63, 3.8) is 0 Å². The second kappa shape index (κ2) is 7.36. The zero-order valence-corrected chi connectivity index (χ0v) is 17.8. The molecular weight excluding hydrogens is 411 g/mol. The normalized spacial score (nSPS) is 17.9. The van der Waals surface area contributed by atoms with Crippen molar-refractivity contribution in [2.45, 2.75) is 4.75 Å². The number of para-hydroxylation sites is 1. The average Bonchev–Trinajstić information content (AvgIpc) is 2.69. The second-order valence-electron chi connectivity index (χ2n) is 6.79. The highest BCUT2D eigenvalue weighted by Gasteiger charge is 2.68. The van der Waals surface area contributed by atoms with Crippen molar-refractivity contribution in [2.75, 3.05) is 18.4 Å². The Bertz CT molecular complexity index is 1010. The quantitative estimate of drug-likeness (QED) is 0.531. The lowest BCUT2D eigenvalue weighted by molar-refractivity contribution is -0.467. The molecule has 4 rings (SSSR count). The largest absolute Gasteiger partial charge is 0.297 e. The van der Waals surface area contributed by atoms with Gasteiger partial charge in [-0.05, 0) is 47.5 Å². The summed E-state index contributed by atoms with van der Waals surface area (Å²) in [7, 11) is 2.57. The van der Waals surface area contributed by atoms with Crippen LogP contribution in [0.25, 0.3) is 0 Å². The van der Waals surface area contributed by atoms with Crippen LogP contribution >= 0.6 is 23.2 Å². The van der Waals surface area contributed by atoms with Crippen molar-refractivity contribution in [1.82, 2.24) is 0 Å². The van der Waals surface area contributed by atoms with Crippen LogP contribution in [0.1, 0.15) is 11.1 Å². The molecule has 1 saturated heterocycles. The number of hydrogen-bond donors (Lipinski definition) is 0. The van der Waals surface area contributed by atoms with E-state index in [0.717, 1.165) is 22.6 Å². The van der Waals surface area contributed by atoms with E-state index in [0.29, 0.717) is 10.0 Å². The first-order chi connectivity index (χ1) is 13.5. The van der Waals surface area contributed by atoms with Gasteiger partial charge in [0.1, 0.15) is 5.69 Å². The molecule has 0 N–H and O–H groups in total. The highest BCUT2D eigenvalue weighted by Crippen LogP contribution is 2.49. The minimum absolute atomic E-state index is 0.645. The van der Waals surface area contributed by atoms with Gasteiger partial charge in [0.15, 0.2) is 0 Å².